The van der Waals surface area contributed by atoms with Crippen molar-refractivity contribution < 1.29 is 4.79 Å². The van der Waals surface area contributed by atoms with Gasteiger partial charge in [-0.2, -0.15) is 0 Å². The number of nitrogens with one attached hydrogen (secondary N) is 1. The van der Waals surface area contributed by atoms with Crippen molar-refractivity contribution in [2.45, 2.75) is 64.7 Å². The molecule has 1 aliphatic carbocycles. The van der Waals surface area contributed by atoms with Crippen LogP contribution >= 0.6 is 11.3 Å². The molecule has 1 N–H and O–H groups in total. The zero-order chi connectivity index (χ0) is 14.3. The fourth-order valence-corrected chi connectivity index (χ4v) is 4.54. The summed E-state index contributed by atoms with van der Waals surface area (Å²) in [7, 11) is 0. The number of carbonyl (C=O) groups excluding carboxylic acids is 1. The van der Waals surface area contributed by atoms with Crippen molar-refractivity contribution in [2.24, 2.45) is 5.92 Å². The van der Waals surface area contributed by atoms with Gasteiger partial charge in [0.25, 0.3) is 0 Å². The zero-order valence-corrected chi connectivity index (χ0v) is 13.4. The van der Waals surface area contributed by atoms with Gasteiger partial charge in [0, 0.05) is 15.8 Å². The third kappa shape index (κ3) is 2.51. The van der Waals surface area contributed by atoms with Crippen molar-refractivity contribution in [2.75, 3.05) is 0 Å². The van der Waals surface area contributed by atoms with Crippen LogP contribution in [0, 0.1) is 12.8 Å². The van der Waals surface area contributed by atoms with E-state index in [-0.39, 0.29) is 18.1 Å². The normalized spacial score (nSPS) is 34.8. The lowest BCUT2D eigenvalue weighted by molar-refractivity contribution is -0.133. The molecule has 1 aromatic rings. The van der Waals surface area contributed by atoms with Crippen molar-refractivity contribution in [1.29, 1.82) is 0 Å². The summed E-state index contributed by atoms with van der Waals surface area (Å²) in [6, 6.07) is 4.68. The van der Waals surface area contributed by atoms with Crippen LogP contribution in [0.3, 0.4) is 0 Å². The van der Waals surface area contributed by atoms with Crippen LogP contribution in [0.5, 0.6) is 0 Å². The van der Waals surface area contributed by atoms with E-state index in [2.05, 4.69) is 36.2 Å². The highest BCUT2D eigenvalue weighted by Gasteiger charge is 2.42. The fraction of sp³-hybridized carbons (Fsp3) is 0.688. The van der Waals surface area contributed by atoms with E-state index in [4.69, 9.17) is 0 Å². The Morgan fingerprint density at radius 1 is 1.30 bits per heavy atom. The first-order valence-corrected chi connectivity index (χ1v) is 8.52. The SMILES string of the molecule is Cc1ccc(C2NC(C)C(=O)N2C2CCCC(C)C2)s1. The molecule has 4 atom stereocenters. The Hall–Kier alpha value is -0.870. The number of aryl methyl sites for hydroxylation is 1. The van der Waals surface area contributed by atoms with Crippen molar-refractivity contribution in [3.8, 4) is 0 Å². The first-order chi connectivity index (χ1) is 9.56. The van der Waals surface area contributed by atoms with Crippen LogP contribution in [0.1, 0.15) is 55.5 Å². The third-order valence-electron chi connectivity index (χ3n) is 4.64. The van der Waals surface area contributed by atoms with Crippen LogP contribution in [0.25, 0.3) is 0 Å². The summed E-state index contributed by atoms with van der Waals surface area (Å²) in [6.07, 6.45) is 4.96. The average Bonchev–Trinajstić information content (AvgIpc) is 2.95. The second-order valence-electron chi connectivity index (χ2n) is 6.41. The highest BCUT2D eigenvalue weighted by Crippen LogP contribution is 2.37. The van der Waals surface area contributed by atoms with Crippen LogP contribution < -0.4 is 5.32 Å². The van der Waals surface area contributed by atoms with Gasteiger partial charge in [0.05, 0.1) is 6.04 Å². The molecule has 4 heteroatoms. The van der Waals surface area contributed by atoms with Crippen LogP contribution in [-0.4, -0.2) is 22.9 Å². The van der Waals surface area contributed by atoms with Gasteiger partial charge in [0.15, 0.2) is 0 Å². The van der Waals surface area contributed by atoms with Gasteiger partial charge >= 0.3 is 0 Å². The first-order valence-electron chi connectivity index (χ1n) is 7.71. The lowest BCUT2D eigenvalue weighted by Crippen LogP contribution is -2.42. The molecular weight excluding hydrogens is 268 g/mol. The molecular formula is C16H24N2OS. The van der Waals surface area contributed by atoms with Gasteiger partial charge in [-0.3, -0.25) is 10.1 Å². The molecule has 110 valence electrons. The van der Waals surface area contributed by atoms with Gasteiger partial charge in [0.2, 0.25) is 5.91 Å². The lowest BCUT2D eigenvalue weighted by Gasteiger charge is -2.37. The summed E-state index contributed by atoms with van der Waals surface area (Å²) in [5, 5.41) is 3.48. The Kier molecular flexibility index (Phi) is 3.87. The van der Waals surface area contributed by atoms with Gasteiger partial charge in [-0.1, -0.05) is 19.8 Å². The predicted octanol–water partition coefficient (Wildman–Crippen LogP) is 3.45. The lowest BCUT2D eigenvalue weighted by atomic mass is 9.86. The highest BCUT2D eigenvalue weighted by atomic mass is 32.1. The maximum absolute atomic E-state index is 12.6. The van der Waals surface area contributed by atoms with E-state index in [0.717, 1.165) is 18.8 Å². The minimum absolute atomic E-state index is 0.0559. The number of nitrogens with zero attached hydrogens (tertiary/aromatic N) is 1. The standard InChI is InChI=1S/C16H24N2OS/c1-10-5-4-6-13(9-10)18-15(17-12(3)16(18)19)14-8-7-11(2)20-14/h7-8,10,12-13,15,17H,4-6,9H2,1-3H3. The van der Waals surface area contributed by atoms with E-state index in [9.17, 15) is 4.79 Å². The van der Waals surface area contributed by atoms with Gasteiger partial charge < -0.3 is 4.90 Å². The molecule has 0 aromatic carbocycles. The number of amides is 1. The molecule has 1 aliphatic heterocycles. The molecule has 4 unspecified atom stereocenters. The number of carbonyl (C=O) groups is 1. The molecule has 1 saturated carbocycles. The number of hydrogen-bond acceptors (Lipinski definition) is 3. The summed E-state index contributed by atoms with van der Waals surface area (Å²) in [4.78, 5) is 17.3. The van der Waals surface area contributed by atoms with Crippen LogP contribution in [-0.2, 0) is 4.79 Å². The van der Waals surface area contributed by atoms with E-state index in [0.29, 0.717) is 6.04 Å². The molecule has 2 heterocycles. The van der Waals surface area contributed by atoms with Crippen molar-refractivity contribution in [1.82, 2.24) is 10.2 Å². The van der Waals surface area contributed by atoms with Crippen molar-refractivity contribution >= 4 is 17.2 Å². The zero-order valence-electron chi connectivity index (χ0n) is 12.6. The molecule has 2 fully saturated rings. The average molecular weight is 292 g/mol. The van der Waals surface area contributed by atoms with Crippen molar-refractivity contribution in [3.63, 3.8) is 0 Å². The highest BCUT2D eigenvalue weighted by molar-refractivity contribution is 7.12. The number of hydrogen-bond donors (Lipinski definition) is 1. The van der Waals surface area contributed by atoms with E-state index in [1.54, 1.807) is 11.3 Å². The summed E-state index contributed by atoms with van der Waals surface area (Å²) in [5.74, 6) is 1.02. The molecule has 0 bridgehead atoms. The minimum Gasteiger partial charge on any atom is -0.318 e. The Bertz CT molecular complexity index is 498. The second kappa shape index (κ2) is 5.49. The van der Waals surface area contributed by atoms with E-state index < -0.39 is 0 Å². The molecule has 3 rings (SSSR count). The van der Waals surface area contributed by atoms with Gasteiger partial charge in [0.1, 0.15) is 6.17 Å². The molecule has 20 heavy (non-hydrogen) atoms. The Labute approximate surface area is 125 Å². The number of rotatable bonds is 2. The van der Waals surface area contributed by atoms with Crippen LogP contribution in [0.2, 0.25) is 0 Å². The van der Waals surface area contributed by atoms with Gasteiger partial charge in [-0.15, -0.1) is 11.3 Å². The smallest absolute Gasteiger partial charge is 0.241 e. The third-order valence-corrected chi connectivity index (χ3v) is 5.70. The fourth-order valence-electron chi connectivity index (χ4n) is 3.60. The minimum atomic E-state index is -0.0559. The largest absolute Gasteiger partial charge is 0.318 e. The Morgan fingerprint density at radius 2 is 2.10 bits per heavy atom. The van der Waals surface area contributed by atoms with Gasteiger partial charge in [-0.05, 0) is 44.7 Å². The van der Waals surface area contributed by atoms with Crippen LogP contribution in [0.15, 0.2) is 12.1 Å². The van der Waals surface area contributed by atoms with E-state index >= 15 is 0 Å². The summed E-state index contributed by atoms with van der Waals surface area (Å²) < 4.78 is 0. The molecule has 0 radical (unpaired) electrons. The Balaban J connectivity index is 1.86. The molecule has 2 aliphatic rings. The summed E-state index contributed by atoms with van der Waals surface area (Å²) in [5.41, 5.74) is 0. The van der Waals surface area contributed by atoms with Gasteiger partial charge in [-0.25, -0.2) is 0 Å². The maximum Gasteiger partial charge on any atom is 0.241 e. The topological polar surface area (TPSA) is 32.3 Å². The molecule has 0 spiro atoms. The second-order valence-corrected chi connectivity index (χ2v) is 7.73. The van der Waals surface area contributed by atoms with Crippen molar-refractivity contribution in [3.05, 3.63) is 21.9 Å². The molecule has 1 amide bonds. The summed E-state index contributed by atoms with van der Waals surface area (Å²) >= 11 is 1.80. The quantitative estimate of drug-likeness (QED) is 0.905. The first kappa shape index (κ1) is 14.1. The molecule has 1 saturated heterocycles. The predicted molar refractivity (Wildman–Crippen MR) is 82.7 cm³/mol. The summed E-state index contributed by atoms with van der Waals surface area (Å²) in [6.45, 7) is 6.43. The molecule has 1 aromatic heterocycles. The maximum atomic E-state index is 12.6. The Morgan fingerprint density at radius 3 is 2.75 bits per heavy atom. The number of thiophene rings is 1. The monoisotopic (exact) mass is 292 g/mol. The van der Waals surface area contributed by atoms with Crippen LogP contribution in [0.4, 0.5) is 0 Å². The molecule has 3 nitrogen and oxygen atoms in total. The van der Waals surface area contributed by atoms with E-state index in [1.807, 2.05) is 6.92 Å². The van der Waals surface area contributed by atoms with E-state index in [1.165, 1.54) is 22.6 Å².